The van der Waals surface area contributed by atoms with Crippen molar-refractivity contribution in [3.8, 4) is 0 Å². The van der Waals surface area contributed by atoms with Gasteiger partial charge in [0.1, 0.15) is 0 Å². The summed E-state index contributed by atoms with van der Waals surface area (Å²) >= 11 is 5.96. The Morgan fingerprint density at radius 1 is 1.39 bits per heavy atom. The van der Waals surface area contributed by atoms with Crippen LogP contribution in [0.25, 0.3) is 0 Å². The first-order valence-electron chi connectivity index (χ1n) is 6.93. The van der Waals surface area contributed by atoms with Gasteiger partial charge in [-0.25, -0.2) is 0 Å². The van der Waals surface area contributed by atoms with Crippen LogP contribution in [0.1, 0.15) is 51.8 Å². The molecule has 1 rings (SSSR count). The molecule has 3 nitrogen and oxygen atoms in total. The first kappa shape index (κ1) is 15.5. The van der Waals surface area contributed by atoms with Crippen LogP contribution >= 0.6 is 11.6 Å². The van der Waals surface area contributed by atoms with Crippen molar-refractivity contribution in [1.29, 1.82) is 0 Å². The second-order valence-electron chi connectivity index (χ2n) is 5.06. The Bertz CT molecular complexity index is 332. The van der Waals surface area contributed by atoms with Crippen LogP contribution in [0, 0.1) is 0 Å². The second-order valence-corrected chi connectivity index (χ2v) is 5.81. The summed E-state index contributed by atoms with van der Waals surface area (Å²) in [5, 5.41) is 4.91. The summed E-state index contributed by atoms with van der Waals surface area (Å²) in [6, 6.07) is 2.66. The lowest BCUT2D eigenvalue weighted by molar-refractivity contribution is 0.314. The smallest absolute Gasteiger partial charge is 0.0764 e. The molecule has 18 heavy (non-hydrogen) atoms. The third-order valence-corrected chi connectivity index (χ3v) is 3.54. The molecule has 0 amide bonds. The van der Waals surface area contributed by atoms with E-state index in [2.05, 4.69) is 47.8 Å². The highest BCUT2D eigenvalue weighted by Crippen LogP contribution is 2.15. The molecule has 0 aliphatic carbocycles. The highest BCUT2D eigenvalue weighted by molar-refractivity contribution is 6.20. The highest BCUT2D eigenvalue weighted by Gasteiger charge is 2.09. The molecule has 0 bridgehead atoms. The zero-order chi connectivity index (χ0) is 13.5. The van der Waals surface area contributed by atoms with E-state index in [4.69, 9.17) is 11.6 Å². The minimum atomic E-state index is 0.245. The average Bonchev–Trinajstić information content (AvgIpc) is 2.76. The Kier molecular flexibility index (Phi) is 6.72. The minimum absolute atomic E-state index is 0.245. The van der Waals surface area contributed by atoms with Gasteiger partial charge in [-0.2, -0.15) is 5.10 Å². The normalized spacial score (nSPS) is 13.5. The van der Waals surface area contributed by atoms with Gasteiger partial charge < -0.3 is 4.90 Å². The summed E-state index contributed by atoms with van der Waals surface area (Å²) in [6.07, 6.45) is 5.39. The number of hydrogen-bond acceptors (Lipinski definition) is 2. The van der Waals surface area contributed by atoms with Crippen molar-refractivity contribution in [3.63, 3.8) is 0 Å². The van der Waals surface area contributed by atoms with Crippen LogP contribution in [-0.2, 0) is 6.54 Å². The van der Waals surface area contributed by atoms with Crippen molar-refractivity contribution in [3.05, 3.63) is 18.0 Å². The molecule has 1 aromatic heterocycles. The van der Waals surface area contributed by atoms with E-state index in [0.29, 0.717) is 6.04 Å². The number of nitrogens with zero attached hydrogens (tertiary/aromatic N) is 3. The Morgan fingerprint density at radius 2 is 2.06 bits per heavy atom. The molecule has 0 saturated carbocycles. The van der Waals surface area contributed by atoms with Gasteiger partial charge in [0, 0.05) is 18.1 Å². The maximum absolute atomic E-state index is 5.96. The van der Waals surface area contributed by atoms with E-state index < -0.39 is 0 Å². The van der Waals surface area contributed by atoms with Gasteiger partial charge in [-0.05, 0) is 45.8 Å². The summed E-state index contributed by atoms with van der Waals surface area (Å²) in [4.78, 5) is 2.28. The number of aromatic nitrogens is 2. The average molecular weight is 272 g/mol. The Balaban J connectivity index is 2.48. The first-order valence-corrected chi connectivity index (χ1v) is 7.37. The van der Waals surface area contributed by atoms with Crippen molar-refractivity contribution in [2.45, 2.75) is 58.0 Å². The van der Waals surface area contributed by atoms with Crippen molar-refractivity contribution in [2.24, 2.45) is 0 Å². The minimum Gasteiger partial charge on any atom is -0.300 e. The summed E-state index contributed by atoms with van der Waals surface area (Å²) in [6.45, 7) is 8.38. The molecule has 0 saturated heterocycles. The lowest BCUT2D eigenvalue weighted by Crippen LogP contribution is -2.21. The van der Waals surface area contributed by atoms with Crippen LogP contribution in [0.5, 0.6) is 0 Å². The molecule has 0 N–H and O–H groups in total. The molecule has 0 aliphatic rings. The maximum Gasteiger partial charge on any atom is 0.0764 e. The maximum atomic E-state index is 5.96. The number of rotatable bonds is 8. The molecular weight excluding hydrogens is 246 g/mol. The van der Waals surface area contributed by atoms with Crippen LogP contribution in [0.3, 0.4) is 0 Å². The van der Waals surface area contributed by atoms with Crippen LogP contribution in [0.4, 0.5) is 0 Å². The molecule has 0 fully saturated rings. The van der Waals surface area contributed by atoms with E-state index in [9.17, 15) is 0 Å². The third-order valence-electron chi connectivity index (χ3n) is 3.32. The molecule has 0 spiro atoms. The number of hydrogen-bond donors (Lipinski definition) is 0. The Labute approximate surface area is 116 Å². The zero-order valence-electron chi connectivity index (χ0n) is 12.1. The van der Waals surface area contributed by atoms with Gasteiger partial charge in [-0.1, -0.05) is 13.8 Å². The van der Waals surface area contributed by atoms with Gasteiger partial charge in [-0.15, -0.1) is 11.6 Å². The molecule has 0 aromatic carbocycles. The fraction of sp³-hybridized carbons (Fsp3) is 0.786. The molecular formula is C14H26ClN3. The van der Waals surface area contributed by atoms with E-state index >= 15 is 0 Å². The molecule has 0 radical (unpaired) electrons. The van der Waals surface area contributed by atoms with E-state index in [-0.39, 0.29) is 5.38 Å². The second kappa shape index (κ2) is 7.80. The summed E-state index contributed by atoms with van der Waals surface area (Å²) < 4.78 is 2.10. The van der Waals surface area contributed by atoms with Crippen molar-refractivity contribution in [1.82, 2.24) is 14.7 Å². The van der Waals surface area contributed by atoms with Crippen molar-refractivity contribution in [2.75, 3.05) is 13.6 Å². The van der Waals surface area contributed by atoms with E-state index in [1.54, 1.807) is 0 Å². The van der Waals surface area contributed by atoms with E-state index in [1.165, 1.54) is 0 Å². The Hall–Kier alpha value is -0.540. The summed E-state index contributed by atoms with van der Waals surface area (Å²) in [5.41, 5.74) is 1.15. The predicted octanol–water partition coefficient (Wildman–Crippen LogP) is 3.69. The quantitative estimate of drug-likeness (QED) is 0.673. The van der Waals surface area contributed by atoms with Crippen LogP contribution in [-0.4, -0.2) is 33.6 Å². The fourth-order valence-corrected chi connectivity index (χ4v) is 2.18. The van der Waals surface area contributed by atoms with Crippen molar-refractivity contribution >= 4 is 11.6 Å². The first-order chi connectivity index (χ1) is 8.56. The SMILES string of the molecule is CCC(CC)n1ccc(CN(C)CCC(C)Cl)n1. The summed E-state index contributed by atoms with van der Waals surface area (Å²) in [5.74, 6) is 0. The number of alkyl halides is 1. The Morgan fingerprint density at radius 3 is 2.61 bits per heavy atom. The van der Waals surface area contributed by atoms with Gasteiger partial charge in [0.2, 0.25) is 0 Å². The third kappa shape index (κ3) is 4.99. The molecule has 104 valence electrons. The van der Waals surface area contributed by atoms with E-state index in [1.807, 2.05) is 6.92 Å². The van der Waals surface area contributed by atoms with Gasteiger partial charge in [-0.3, -0.25) is 4.68 Å². The fourth-order valence-electron chi connectivity index (χ4n) is 2.08. The topological polar surface area (TPSA) is 21.1 Å². The standard InChI is InChI=1S/C14H26ClN3/c1-5-14(6-2)18-10-8-13(16-18)11-17(4)9-7-12(3)15/h8,10,12,14H,5-7,9,11H2,1-4H3. The molecule has 1 heterocycles. The molecule has 1 atom stereocenters. The largest absolute Gasteiger partial charge is 0.300 e. The van der Waals surface area contributed by atoms with Crippen LogP contribution < -0.4 is 0 Å². The monoisotopic (exact) mass is 271 g/mol. The summed E-state index contributed by atoms with van der Waals surface area (Å²) in [7, 11) is 2.12. The lowest BCUT2D eigenvalue weighted by Gasteiger charge is -2.16. The molecule has 4 heteroatoms. The van der Waals surface area contributed by atoms with Gasteiger partial charge in [0.05, 0.1) is 11.7 Å². The predicted molar refractivity (Wildman–Crippen MR) is 78.1 cm³/mol. The highest BCUT2D eigenvalue weighted by atomic mass is 35.5. The molecule has 0 aliphatic heterocycles. The number of halogens is 1. The molecule has 1 unspecified atom stereocenters. The molecule has 1 aromatic rings. The van der Waals surface area contributed by atoms with E-state index in [0.717, 1.165) is 38.0 Å². The van der Waals surface area contributed by atoms with Gasteiger partial charge in [0.25, 0.3) is 0 Å². The van der Waals surface area contributed by atoms with Crippen LogP contribution in [0.15, 0.2) is 12.3 Å². The van der Waals surface area contributed by atoms with Gasteiger partial charge in [0.15, 0.2) is 0 Å². The van der Waals surface area contributed by atoms with Gasteiger partial charge >= 0.3 is 0 Å². The lowest BCUT2D eigenvalue weighted by atomic mass is 10.2. The van der Waals surface area contributed by atoms with Crippen molar-refractivity contribution < 1.29 is 0 Å². The van der Waals surface area contributed by atoms with Crippen LogP contribution in [0.2, 0.25) is 0 Å². The zero-order valence-corrected chi connectivity index (χ0v) is 12.8.